The Morgan fingerprint density at radius 1 is 0.944 bits per heavy atom. The summed E-state index contributed by atoms with van der Waals surface area (Å²) in [4.78, 5) is 11.7. The maximum atomic E-state index is 14.4. The smallest absolute Gasteiger partial charge is 0.744 e. The van der Waals surface area contributed by atoms with Gasteiger partial charge < -0.3 is 35.1 Å². The molecule has 1 aliphatic heterocycles. The molecule has 1 aromatic heterocycles. The van der Waals surface area contributed by atoms with Crippen molar-refractivity contribution in [3.05, 3.63) is 48.5 Å². The van der Waals surface area contributed by atoms with Gasteiger partial charge in [-0.2, -0.15) is 28.8 Å². The number of nitrogens with zero attached hydrogens (tertiary/aromatic N) is 6. The number of phenolic OH excluding ortho intramolecular Hbond substituents is 1. The van der Waals surface area contributed by atoms with Gasteiger partial charge in [-0.1, -0.05) is 0 Å². The number of hydrogen-bond donors (Lipinski definition) is 2. The number of benzene rings is 3. The molecule has 0 aliphatic carbocycles. The second-order valence-corrected chi connectivity index (χ2v) is 14.5. The van der Waals surface area contributed by atoms with Gasteiger partial charge in [-0.15, -0.1) is 9.45 Å². The van der Waals surface area contributed by atoms with Crippen molar-refractivity contribution in [2.24, 2.45) is 10.2 Å². The third kappa shape index (κ3) is 13.1. The Morgan fingerprint density at radius 3 is 2.28 bits per heavy atom. The fourth-order valence-corrected chi connectivity index (χ4v) is 7.26. The average Bonchev–Trinajstić information content (AvgIpc) is 3.10. The van der Waals surface area contributed by atoms with E-state index in [2.05, 4.69) is 49.2 Å². The first-order chi connectivity index (χ1) is 24.4. The van der Waals surface area contributed by atoms with E-state index in [9.17, 15) is 41.4 Å². The summed E-state index contributed by atoms with van der Waals surface area (Å²) in [7, 11) is -9.20. The number of hydrogen-bond acceptors (Lipinski definition) is 23. The van der Waals surface area contributed by atoms with Crippen LogP contribution in [0.15, 0.2) is 67.4 Å². The van der Waals surface area contributed by atoms with Crippen molar-refractivity contribution in [3.8, 4) is 5.75 Å². The number of morpholine rings is 1. The van der Waals surface area contributed by atoms with Crippen LogP contribution in [0.3, 0.4) is 0 Å². The van der Waals surface area contributed by atoms with Gasteiger partial charge in [0, 0.05) is 23.9 Å². The molecule has 0 atom stereocenters. The zero-order chi connectivity index (χ0) is 36.6. The topological polar surface area (TPSA) is 292 Å². The fourth-order valence-electron chi connectivity index (χ4n) is 4.55. The number of aromatic hydroxyl groups is 1. The van der Waals surface area contributed by atoms with Gasteiger partial charge in [-0.25, -0.2) is 16.8 Å². The summed E-state index contributed by atoms with van der Waals surface area (Å²) < 4.78 is 95.5. The fraction of sp³-hybridized carbons (Fsp3) is 0.240. The number of halogens is 1. The third-order valence-corrected chi connectivity index (χ3v) is 10.3. The number of nitrogens with one attached hydrogen (secondary N) is 1. The van der Waals surface area contributed by atoms with Crippen LogP contribution in [-0.2, 0) is 47.6 Å². The van der Waals surface area contributed by atoms with Crippen LogP contribution in [0.4, 0.5) is 33.3 Å². The minimum atomic E-state index is -5.36. The Morgan fingerprint density at radius 2 is 1.63 bits per heavy atom. The molecule has 2 N–H and O–H groups in total. The normalized spacial score (nSPS) is 13.3. The van der Waals surface area contributed by atoms with E-state index in [1.165, 1.54) is 30.3 Å². The van der Waals surface area contributed by atoms with Crippen molar-refractivity contribution < 1.29 is 158 Å². The van der Waals surface area contributed by atoms with Crippen LogP contribution in [0, 0.1) is 6.08 Å². The van der Waals surface area contributed by atoms with Crippen molar-refractivity contribution in [1.82, 2.24) is 15.0 Å². The molecule has 5 rings (SSSR count). The molecule has 0 saturated carbocycles. The quantitative estimate of drug-likeness (QED) is 0.0201. The molecule has 3 aromatic carbocycles. The van der Waals surface area contributed by atoms with Gasteiger partial charge in [-0.05, 0) is 42.5 Å². The number of rotatable bonds is 16. The van der Waals surface area contributed by atoms with E-state index < -0.39 is 54.1 Å². The monoisotopic (exact) mass is 859 g/mol. The molecule has 0 spiro atoms. The second kappa shape index (κ2) is 22.9. The maximum absolute atomic E-state index is 14.4. The molecule has 1 fully saturated rings. The van der Waals surface area contributed by atoms with E-state index in [4.69, 9.17) is 8.92 Å². The van der Waals surface area contributed by atoms with Crippen LogP contribution in [0.25, 0.3) is 10.8 Å². The zero-order valence-electron chi connectivity index (χ0n) is 28.2. The van der Waals surface area contributed by atoms with Crippen molar-refractivity contribution in [2.45, 2.75) is 14.7 Å². The number of aromatic nitrogens is 3. The third-order valence-electron chi connectivity index (χ3n) is 6.72. The molecule has 4 aromatic rings. The van der Waals surface area contributed by atoms with Crippen LogP contribution in [0.5, 0.6) is 5.75 Å². The first-order valence-corrected chi connectivity index (χ1v) is 18.3. The Labute approximate surface area is 380 Å². The first-order valence-electron chi connectivity index (χ1n) is 13.8. The van der Waals surface area contributed by atoms with Gasteiger partial charge in [0.1, 0.15) is 15.8 Å². The number of azo groups is 1. The van der Waals surface area contributed by atoms with Crippen LogP contribution in [-0.4, -0.2) is 80.1 Å². The van der Waals surface area contributed by atoms with Crippen LogP contribution in [0.2, 0.25) is 0 Å². The minimum Gasteiger partial charge on any atom is -0.744 e. The summed E-state index contributed by atoms with van der Waals surface area (Å²) in [6.45, 7) is 1.01. The average molecular weight is 860 g/mol. The van der Waals surface area contributed by atoms with Crippen molar-refractivity contribution >= 4 is 84.1 Å². The van der Waals surface area contributed by atoms with E-state index in [1.54, 1.807) is 4.90 Å². The first kappa shape index (κ1) is 49.2. The Bertz CT molecular complexity index is 2130. The van der Waals surface area contributed by atoms with Crippen molar-refractivity contribution in [3.63, 3.8) is 0 Å². The summed E-state index contributed by atoms with van der Waals surface area (Å²) in [6, 6.07) is 8.32. The zero-order valence-corrected chi connectivity index (χ0v) is 37.5. The van der Waals surface area contributed by atoms with Gasteiger partial charge in [-0.3, -0.25) is 14.3 Å². The molecular formula is C25H21FN7Na3O14S4. The van der Waals surface area contributed by atoms with Gasteiger partial charge in [0.2, 0.25) is 11.9 Å². The molecule has 0 unspecified atom stereocenters. The summed E-state index contributed by atoms with van der Waals surface area (Å²) in [6.07, 6.45) is -1.19. The predicted octanol–water partition coefficient (Wildman–Crippen LogP) is -7.41. The van der Waals surface area contributed by atoms with Crippen LogP contribution < -0.4 is 109 Å². The number of fused-ring (bicyclic) bond motifs is 1. The molecule has 1 aliphatic rings. The summed E-state index contributed by atoms with van der Waals surface area (Å²) in [5.41, 5.74) is -0.682. The maximum Gasteiger partial charge on any atom is 1.00 e. The van der Waals surface area contributed by atoms with Crippen LogP contribution in [0.1, 0.15) is 0 Å². The molecule has 29 heteroatoms. The van der Waals surface area contributed by atoms with Gasteiger partial charge in [0.15, 0.2) is 27.9 Å². The Kier molecular flexibility index (Phi) is 20.9. The molecule has 54 heavy (non-hydrogen) atoms. The van der Waals surface area contributed by atoms with Gasteiger partial charge in [0.05, 0.1) is 63.7 Å². The number of sulfone groups is 1. The molecule has 274 valence electrons. The SMILES string of the molecule is O=S(=O)([O-])c1c(Nc2nc(F)nc(N3CCOCC3)n2)ccc2c(O)c(N=Nc3ccc(S(=O)(=O)CCOSOO[O-])cc3)c(SOO[O-])cc12.[Na+].[Na+].[Na+]. The van der Waals surface area contributed by atoms with Gasteiger partial charge in [0.25, 0.3) is 0 Å². The van der Waals surface area contributed by atoms with E-state index in [-0.39, 0.29) is 158 Å². The van der Waals surface area contributed by atoms with E-state index in [0.29, 0.717) is 26.3 Å². The minimum absolute atomic E-state index is 0. The van der Waals surface area contributed by atoms with Crippen molar-refractivity contribution in [1.29, 1.82) is 0 Å². The predicted molar refractivity (Wildman–Crippen MR) is 166 cm³/mol. The second-order valence-electron chi connectivity index (χ2n) is 9.77. The molecule has 0 radical (unpaired) electrons. The Hall–Kier alpha value is -0.900. The summed E-state index contributed by atoms with van der Waals surface area (Å²) >= 11 is 0.344. The van der Waals surface area contributed by atoms with Crippen molar-refractivity contribution in [2.75, 3.05) is 48.9 Å². The van der Waals surface area contributed by atoms with E-state index in [0.717, 1.165) is 12.1 Å². The molecular weight excluding hydrogens is 839 g/mol. The number of phenols is 1. The van der Waals surface area contributed by atoms with E-state index >= 15 is 0 Å². The standard InChI is InChI=1S/C25H24FN7O14S4.3Na/c26-23-28-24(30-25(29-23)33-7-9-42-10-8-33)27-18-6-5-16-17(22(18)51(39,40)41)13-19(48-46-44-35)20(21(16)34)32-31-14-1-3-15(4-2-14)50(37,38)12-11-43-49-47-45-36;;;/h1-6,13,34-36H,7-12H2,(H,39,40,41)(H,27,28,29,30);;;/q;3*+1/p-3. The number of ether oxygens (including phenoxy) is 1. The molecule has 0 bridgehead atoms. The van der Waals surface area contributed by atoms with Crippen LogP contribution >= 0.6 is 24.4 Å². The molecule has 0 amide bonds. The molecule has 21 nitrogen and oxygen atoms in total. The molecule has 2 heterocycles. The largest absolute Gasteiger partial charge is 1.00 e. The van der Waals surface area contributed by atoms with Gasteiger partial charge >= 0.3 is 94.8 Å². The summed E-state index contributed by atoms with van der Waals surface area (Å²) in [5.74, 6) is -1.70. The molecule has 1 saturated heterocycles. The Balaban J connectivity index is 0.00000336. The number of anilines is 3. The van der Waals surface area contributed by atoms with E-state index in [1.807, 2.05) is 0 Å². The summed E-state index contributed by atoms with van der Waals surface area (Å²) in [5, 5.41) is 47.9.